The van der Waals surface area contributed by atoms with E-state index in [1.165, 1.54) is 11.2 Å². The zero-order valence-electron chi connectivity index (χ0n) is 20.2. The first-order valence-corrected chi connectivity index (χ1v) is 12.3. The number of aliphatic carboxylic acids is 1. The number of fused-ring (bicyclic) bond motifs is 1. The first-order chi connectivity index (χ1) is 16.7. The molecule has 2 aromatic carbocycles. The number of anilines is 1. The minimum atomic E-state index is -0.911. The second kappa shape index (κ2) is 10.4. The third-order valence-corrected chi connectivity index (χ3v) is 6.96. The van der Waals surface area contributed by atoms with Crippen LogP contribution in [0.25, 0.3) is 21.3 Å². The number of hydrogen-bond donors (Lipinski definition) is 2. The molecule has 6 nitrogen and oxygen atoms in total. The number of nitrogens with one attached hydrogen (secondary N) is 1. The molecule has 0 fully saturated rings. The van der Waals surface area contributed by atoms with Crippen LogP contribution < -0.4 is 10.1 Å². The molecule has 2 heterocycles. The van der Waals surface area contributed by atoms with E-state index in [-0.39, 0.29) is 18.3 Å². The summed E-state index contributed by atoms with van der Waals surface area (Å²) in [7, 11) is 0. The Morgan fingerprint density at radius 1 is 1.17 bits per heavy atom. The number of carboxylic acids is 1. The predicted octanol–water partition coefficient (Wildman–Crippen LogP) is 6.18. The second-order valence-electron chi connectivity index (χ2n) is 8.76. The largest absolute Gasteiger partial charge is 0.491 e. The van der Waals surface area contributed by atoms with E-state index in [0.717, 1.165) is 33.2 Å². The summed E-state index contributed by atoms with van der Waals surface area (Å²) in [6.07, 6.45) is 2.04. The molecule has 0 radical (unpaired) electrons. The van der Waals surface area contributed by atoms with E-state index in [4.69, 9.17) is 4.74 Å². The van der Waals surface area contributed by atoms with Crippen molar-refractivity contribution in [2.75, 3.05) is 11.9 Å². The van der Waals surface area contributed by atoms with Gasteiger partial charge in [-0.15, -0.1) is 11.3 Å². The minimum Gasteiger partial charge on any atom is -0.491 e. The second-order valence-corrected chi connectivity index (χ2v) is 9.99. The highest BCUT2D eigenvalue weighted by Crippen LogP contribution is 2.34. The molecule has 0 aliphatic heterocycles. The molecule has 182 valence electrons. The average Bonchev–Trinajstić information content (AvgIpc) is 3.10. The fourth-order valence-electron chi connectivity index (χ4n) is 4.12. The lowest BCUT2D eigenvalue weighted by molar-refractivity contribution is -0.136. The first kappa shape index (κ1) is 24.6. The van der Waals surface area contributed by atoms with E-state index in [9.17, 15) is 14.3 Å². The maximum absolute atomic E-state index is 14.0. The molecular formula is C27H28FN3O3S. The molecule has 4 rings (SSSR count). The predicted molar refractivity (Wildman–Crippen MR) is 138 cm³/mol. The van der Waals surface area contributed by atoms with Crippen molar-refractivity contribution >= 4 is 33.2 Å². The van der Waals surface area contributed by atoms with Crippen molar-refractivity contribution in [1.82, 2.24) is 9.97 Å². The molecule has 0 saturated carbocycles. The van der Waals surface area contributed by atoms with Crippen LogP contribution in [0.5, 0.6) is 5.75 Å². The maximum Gasteiger partial charge on any atom is 0.307 e. The molecule has 0 atom stereocenters. The van der Waals surface area contributed by atoms with Crippen LogP contribution in [-0.2, 0) is 17.6 Å². The number of aromatic nitrogens is 2. The highest BCUT2D eigenvalue weighted by Gasteiger charge is 2.14. The van der Waals surface area contributed by atoms with Crippen LogP contribution in [0.15, 0.2) is 42.7 Å². The molecule has 4 aromatic rings. The fourth-order valence-corrected chi connectivity index (χ4v) is 5.27. The maximum atomic E-state index is 14.0. The van der Waals surface area contributed by atoms with Gasteiger partial charge in [0.1, 0.15) is 23.7 Å². The minimum absolute atomic E-state index is 0.0886. The van der Waals surface area contributed by atoms with Gasteiger partial charge >= 0.3 is 5.97 Å². The summed E-state index contributed by atoms with van der Waals surface area (Å²) >= 11 is 1.70. The number of thiophene rings is 1. The van der Waals surface area contributed by atoms with Crippen LogP contribution in [0.2, 0.25) is 0 Å². The van der Waals surface area contributed by atoms with Crippen molar-refractivity contribution in [2.45, 2.75) is 46.6 Å². The highest BCUT2D eigenvalue weighted by atomic mass is 32.1. The Morgan fingerprint density at radius 2 is 1.97 bits per heavy atom. The standard InChI is InChI=1S/C27H28FN3O3S/c1-15(2)34-24-10-18(5-6-19(24)11-26(32)33)23-13-25(31-14-30-23)29-8-7-21-17(4)35-27-16(3)9-20(28)12-22(21)27/h5-6,9-10,12-15H,7-8,11H2,1-4H3,(H,32,33)(H,29,30,31). The number of nitrogens with zero attached hydrogens (tertiary/aromatic N) is 2. The van der Waals surface area contributed by atoms with Crippen LogP contribution in [-0.4, -0.2) is 33.7 Å². The van der Waals surface area contributed by atoms with E-state index in [1.807, 2.05) is 39.0 Å². The lowest BCUT2D eigenvalue weighted by Gasteiger charge is -2.15. The lowest BCUT2D eigenvalue weighted by atomic mass is 10.0. The highest BCUT2D eigenvalue weighted by molar-refractivity contribution is 7.19. The number of hydrogen-bond acceptors (Lipinski definition) is 6. The van der Waals surface area contributed by atoms with Crippen molar-refractivity contribution in [3.05, 3.63) is 70.1 Å². The summed E-state index contributed by atoms with van der Waals surface area (Å²) in [4.78, 5) is 21.1. The number of rotatable bonds is 9. The molecule has 0 bridgehead atoms. The third kappa shape index (κ3) is 5.77. The Kier molecular flexibility index (Phi) is 7.31. The summed E-state index contributed by atoms with van der Waals surface area (Å²) in [6, 6.07) is 10.5. The molecule has 0 aliphatic carbocycles. The molecule has 0 saturated heterocycles. The molecule has 0 amide bonds. The van der Waals surface area contributed by atoms with E-state index < -0.39 is 5.97 Å². The van der Waals surface area contributed by atoms with Gasteiger partial charge in [0.25, 0.3) is 0 Å². The molecule has 0 spiro atoms. The van der Waals surface area contributed by atoms with Crippen molar-refractivity contribution in [3.63, 3.8) is 0 Å². The summed E-state index contributed by atoms with van der Waals surface area (Å²) in [5, 5.41) is 13.5. The van der Waals surface area contributed by atoms with Gasteiger partial charge in [-0.25, -0.2) is 14.4 Å². The topological polar surface area (TPSA) is 84.3 Å². The van der Waals surface area contributed by atoms with Gasteiger partial charge in [0.15, 0.2) is 0 Å². The van der Waals surface area contributed by atoms with Gasteiger partial charge < -0.3 is 15.2 Å². The first-order valence-electron chi connectivity index (χ1n) is 11.5. The van der Waals surface area contributed by atoms with E-state index in [1.54, 1.807) is 29.5 Å². The molecule has 0 unspecified atom stereocenters. The SMILES string of the molecule is Cc1sc2c(C)cc(F)cc2c1CCNc1cc(-c2ccc(CC(=O)O)c(OC(C)C)c2)ncn1. The summed E-state index contributed by atoms with van der Waals surface area (Å²) in [6.45, 7) is 8.45. The molecular weight excluding hydrogens is 465 g/mol. The van der Waals surface area contributed by atoms with Crippen molar-refractivity contribution in [2.24, 2.45) is 0 Å². The van der Waals surface area contributed by atoms with Crippen LogP contribution in [0, 0.1) is 19.7 Å². The third-order valence-electron chi connectivity index (χ3n) is 5.66. The fraction of sp³-hybridized carbons (Fsp3) is 0.296. The van der Waals surface area contributed by atoms with Gasteiger partial charge in [-0.05, 0) is 68.8 Å². The number of aryl methyl sites for hydroxylation is 2. The van der Waals surface area contributed by atoms with Crippen LogP contribution in [0.3, 0.4) is 0 Å². The summed E-state index contributed by atoms with van der Waals surface area (Å²) < 4.78 is 21.0. The van der Waals surface area contributed by atoms with Gasteiger partial charge in [0.05, 0.1) is 18.2 Å². The van der Waals surface area contributed by atoms with Gasteiger partial charge in [0.2, 0.25) is 0 Å². The van der Waals surface area contributed by atoms with Crippen LogP contribution in [0.1, 0.15) is 35.4 Å². The zero-order valence-corrected chi connectivity index (χ0v) is 21.0. The van der Waals surface area contributed by atoms with Crippen molar-refractivity contribution in [1.29, 1.82) is 0 Å². The Morgan fingerprint density at radius 3 is 2.71 bits per heavy atom. The average molecular weight is 494 g/mol. The van der Waals surface area contributed by atoms with E-state index in [0.29, 0.717) is 29.4 Å². The monoisotopic (exact) mass is 493 g/mol. The molecule has 2 N–H and O–H groups in total. The van der Waals surface area contributed by atoms with Gasteiger partial charge in [-0.1, -0.05) is 12.1 Å². The van der Waals surface area contributed by atoms with Crippen LogP contribution in [0.4, 0.5) is 10.2 Å². The summed E-state index contributed by atoms with van der Waals surface area (Å²) in [5.41, 5.74) is 4.24. The Labute approximate surface area is 207 Å². The normalized spacial score (nSPS) is 11.3. The Hall–Kier alpha value is -3.52. The Bertz CT molecular complexity index is 1380. The Balaban J connectivity index is 1.52. The van der Waals surface area contributed by atoms with Gasteiger partial charge in [0, 0.05) is 33.3 Å². The lowest BCUT2D eigenvalue weighted by Crippen LogP contribution is -2.10. The number of ether oxygens (including phenoxy) is 1. The molecule has 2 aromatic heterocycles. The van der Waals surface area contributed by atoms with Gasteiger partial charge in [-0.3, -0.25) is 4.79 Å². The van der Waals surface area contributed by atoms with Crippen molar-refractivity contribution in [3.8, 4) is 17.0 Å². The summed E-state index contributed by atoms with van der Waals surface area (Å²) in [5.74, 6) is 0.0925. The van der Waals surface area contributed by atoms with Crippen molar-refractivity contribution < 1.29 is 19.0 Å². The van der Waals surface area contributed by atoms with Gasteiger partial charge in [-0.2, -0.15) is 0 Å². The number of benzene rings is 2. The quantitative estimate of drug-likeness (QED) is 0.290. The molecule has 8 heteroatoms. The molecule has 0 aliphatic rings. The number of halogens is 1. The van der Waals surface area contributed by atoms with E-state index in [2.05, 4.69) is 22.2 Å². The zero-order chi connectivity index (χ0) is 25.1. The molecule has 35 heavy (non-hydrogen) atoms. The number of carboxylic acid groups (broad SMARTS) is 1. The van der Waals surface area contributed by atoms with E-state index >= 15 is 0 Å². The van der Waals surface area contributed by atoms with Crippen LogP contribution >= 0.6 is 11.3 Å². The number of carbonyl (C=O) groups is 1. The smallest absolute Gasteiger partial charge is 0.307 e.